The van der Waals surface area contributed by atoms with Gasteiger partial charge in [-0.25, -0.2) is 4.68 Å². The molecule has 8 heteroatoms. The molecule has 2 N–H and O–H groups in total. The van der Waals surface area contributed by atoms with Crippen molar-refractivity contribution in [1.29, 1.82) is 5.26 Å². The zero-order valence-corrected chi connectivity index (χ0v) is 13.8. The molecule has 126 valence electrons. The maximum absolute atomic E-state index is 12.8. The van der Waals surface area contributed by atoms with Crippen molar-refractivity contribution in [3.05, 3.63) is 84.0 Å². The summed E-state index contributed by atoms with van der Waals surface area (Å²) < 4.78 is 0.989. The molecule has 0 atom stereocenters. The van der Waals surface area contributed by atoms with E-state index in [-0.39, 0.29) is 16.3 Å². The van der Waals surface area contributed by atoms with Crippen molar-refractivity contribution in [2.45, 2.75) is 0 Å². The summed E-state index contributed by atoms with van der Waals surface area (Å²) in [6, 6.07) is 12.6. The van der Waals surface area contributed by atoms with Gasteiger partial charge in [0, 0.05) is 10.4 Å². The van der Waals surface area contributed by atoms with Crippen LogP contribution >= 0.6 is 11.6 Å². The molecule has 0 aliphatic rings. The van der Waals surface area contributed by atoms with Gasteiger partial charge in [0.25, 0.3) is 11.1 Å². The number of rotatable bonds is 1. The molecule has 0 radical (unpaired) electrons. The zero-order valence-electron chi connectivity index (χ0n) is 13.0. The van der Waals surface area contributed by atoms with E-state index in [1.54, 1.807) is 0 Å². The Kier molecular flexibility index (Phi) is 3.49. The molecule has 2 aromatic heterocycles. The van der Waals surface area contributed by atoms with Gasteiger partial charge in [0.05, 0.1) is 22.8 Å². The summed E-state index contributed by atoms with van der Waals surface area (Å²) in [6.07, 6.45) is 0. The van der Waals surface area contributed by atoms with E-state index in [0.717, 1.165) is 4.68 Å². The number of aromatic nitrogens is 3. The second kappa shape index (κ2) is 5.72. The van der Waals surface area contributed by atoms with E-state index in [9.17, 15) is 14.4 Å². The number of aromatic amines is 2. The molecule has 26 heavy (non-hydrogen) atoms. The fourth-order valence-electron chi connectivity index (χ4n) is 2.82. The predicted molar refractivity (Wildman–Crippen MR) is 98.0 cm³/mol. The van der Waals surface area contributed by atoms with Gasteiger partial charge in [0.1, 0.15) is 10.9 Å². The summed E-state index contributed by atoms with van der Waals surface area (Å²) in [5.74, 6) is 0. The van der Waals surface area contributed by atoms with Gasteiger partial charge in [-0.2, -0.15) is 5.26 Å². The van der Waals surface area contributed by atoms with E-state index in [1.807, 2.05) is 6.07 Å². The monoisotopic (exact) mass is 364 g/mol. The summed E-state index contributed by atoms with van der Waals surface area (Å²) in [7, 11) is 0. The highest BCUT2D eigenvalue weighted by molar-refractivity contribution is 6.31. The first-order valence-electron chi connectivity index (χ1n) is 7.51. The van der Waals surface area contributed by atoms with Crippen LogP contribution in [0, 0.1) is 11.3 Å². The second-order valence-electron chi connectivity index (χ2n) is 5.63. The second-order valence-corrected chi connectivity index (χ2v) is 6.07. The lowest BCUT2D eigenvalue weighted by Crippen LogP contribution is -2.32. The highest BCUT2D eigenvalue weighted by Gasteiger charge is 2.15. The van der Waals surface area contributed by atoms with Gasteiger partial charge in [0.2, 0.25) is 5.43 Å². The molecule has 0 aliphatic heterocycles. The van der Waals surface area contributed by atoms with Crippen molar-refractivity contribution in [3.8, 4) is 11.8 Å². The van der Waals surface area contributed by atoms with E-state index in [4.69, 9.17) is 16.9 Å². The minimum Gasteiger partial charge on any atom is -0.350 e. The van der Waals surface area contributed by atoms with Crippen molar-refractivity contribution in [2.75, 3.05) is 0 Å². The molecular weight excluding hydrogens is 356 g/mol. The summed E-state index contributed by atoms with van der Waals surface area (Å²) >= 11 is 5.93. The van der Waals surface area contributed by atoms with Crippen molar-refractivity contribution in [3.63, 3.8) is 0 Å². The van der Waals surface area contributed by atoms with Gasteiger partial charge >= 0.3 is 0 Å². The van der Waals surface area contributed by atoms with Crippen LogP contribution in [0.2, 0.25) is 5.02 Å². The van der Waals surface area contributed by atoms with Crippen LogP contribution in [-0.2, 0) is 0 Å². The van der Waals surface area contributed by atoms with Gasteiger partial charge < -0.3 is 4.98 Å². The van der Waals surface area contributed by atoms with Crippen LogP contribution in [0.3, 0.4) is 0 Å². The Hall–Kier alpha value is -3.63. The number of hydrogen-bond acceptors (Lipinski definition) is 4. The highest BCUT2D eigenvalue weighted by Crippen LogP contribution is 2.16. The Morgan fingerprint density at radius 3 is 2.46 bits per heavy atom. The molecule has 4 aromatic rings. The molecule has 2 heterocycles. The van der Waals surface area contributed by atoms with Gasteiger partial charge in [0.15, 0.2) is 0 Å². The van der Waals surface area contributed by atoms with Crippen molar-refractivity contribution in [2.24, 2.45) is 0 Å². The third-order valence-corrected chi connectivity index (χ3v) is 4.31. The van der Waals surface area contributed by atoms with Crippen LogP contribution in [0.5, 0.6) is 0 Å². The summed E-state index contributed by atoms with van der Waals surface area (Å²) in [4.78, 5) is 40.9. The van der Waals surface area contributed by atoms with E-state index in [2.05, 4.69) is 10.1 Å². The topological polar surface area (TPSA) is 112 Å². The van der Waals surface area contributed by atoms with Crippen LogP contribution in [-0.4, -0.2) is 14.8 Å². The fourth-order valence-corrected chi connectivity index (χ4v) is 3.00. The predicted octanol–water partition coefficient (Wildman–Crippen LogP) is 2.05. The van der Waals surface area contributed by atoms with Gasteiger partial charge in [-0.05, 0) is 42.5 Å². The highest BCUT2D eigenvalue weighted by atomic mass is 35.5. The third-order valence-electron chi connectivity index (χ3n) is 4.07. The molecule has 0 aliphatic carbocycles. The lowest BCUT2D eigenvalue weighted by atomic mass is 10.1. The molecule has 0 amide bonds. The Morgan fingerprint density at radius 1 is 1.04 bits per heavy atom. The third kappa shape index (κ3) is 2.32. The number of hydrogen-bond donors (Lipinski definition) is 2. The van der Waals surface area contributed by atoms with Crippen LogP contribution in [0.25, 0.3) is 27.5 Å². The average Bonchev–Trinajstić information content (AvgIpc) is 2.64. The maximum Gasteiger partial charge on any atom is 0.287 e. The van der Waals surface area contributed by atoms with Crippen LogP contribution in [0.1, 0.15) is 5.56 Å². The lowest BCUT2D eigenvalue weighted by molar-refractivity contribution is 0.799. The molecule has 7 nitrogen and oxygen atoms in total. The van der Waals surface area contributed by atoms with E-state index in [1.165, 1.54) is 42.5 Å². The number of nitrogens with zero attached hydrogens (tertiary/aromatic N) is 2. The number of nitrogens with one attached hydrogen (secondary N) is 2. The number of benzene rings is 2. The number of H-pyrrole nitrogens is 2. The Labute approximate surface area is 149 Å². The zero-order chi connectivity index (χ0) is 18.4. The average molecular weight is 365 g/mol. The normalized spacial score (nSPS) is 10.9. The summed E-state index contributed by atoms with van der Waals surface area (Å²) in [6.45, 7) is 0. The largest absolute Gasteiger partial charge is 0.350 e. The number of halogens is 1. The summed E-state index contributed by atoms with van der Waals surface area (Å²) in [5, 5.41) is 11.7. The van der Waals surface area contributed by atoms with Gasteiger partial charge in [-0.1, -0.05) is 11.6 Å². The van der Waals surface area contributed by atoms with Crippen molar-refractivity contribution >= 4 is 33.4 Å². The molecule has 0 fully saturated rings. The minimum absolute atomic E-state index is 0.111. The van der Waals surface area contributed by atoms with Crippen LogP contribution < -0.4 is 16.5 Å². The number of pyridine rings is 1. The Balaban J connectivity index is 2.13. The minimum atomic E-state index is -0.664. The lowest BCUT2D eigenvalue weighted by Gasteiger charge is -2.08. The molecule has 0 bridgehead atoms. The SMILES string of the molecule is N#Cc1ccc(-n2[nH]c(=O)c3[nH]c4cc(Cl)ccc4c(=O)c3c2=O)cc1. The Morgan fingerprint density at radius 2 is 1.77 bits per heavy atom. The Bertz CT molecular complexity index is 1410. The number of fused-ring (bicyclic) bond motifs is 2. The molecule has 0 saturated carbocycles. The van der Waals surface area contributed by atoms with Crippen molar-refractivity contribution in [1.82, 2.24) is 14.8 Å². The first kappa shape index (κ1) is 15.9. The molecular formula is C18H9ClN4O3. The quantitative estimate of drug-likeness (QED) is 0.503. The van der Waals surface area contributed by atoms with E-state index >= 15 is 0 Å². The van der Waals surface area contributed by atoms with Crippen molar-refractivity contribution < 1.29 is 0 Å². The smallest absolute Gasteiger partial charge is 0.287 e. The maximum atomic E-state index is 12.8. The van der Waals surface area contributed by atoms with E-state index < -0.39 is 16.5 Å². The van der Waals surface area contributed by atoms with Gasteiger partial charge in [-0.15, -0.1) is 0 Å². The van der Waals surface area contributed by atoms with Gasteiger partial charge in [-0.3, -0.25) is 19.5 Å². The molecule has 2 aromatic carbocycles. The summed E-state index contributed by atoms with van der Waals surface area (Å²) in [5.41, 5.74) is -0.834. The first-order chi connectivity index (χ1) is 12.5. The molecule has 4 rings (SSSR count). The number of nitriles is 1. The first-order valence-corrected chi connectivity index (χ1v) is 7.88. The van der Waals surface area contributed by atoms with Crippen LogP contribution in [0.4, 0.5) is 0 Å². The molecule has 0 saturated heterocycles. The molecule has 0 unspecified atom stereocenters. The van der Waals surface area contributed by atoms with Crippen LogP contribution in [0.15, 0.2) is 56.8 Å². The molecule has 0 spiro atoms. The fraction of sp³-hybridized carbons (Fsp3) is 0. The standard InChI is InChI=1S/C18H9ClN4O3/c19-10-3-6-12-13(7-10)21-15-14(16(12)24)18(26)23(22-17(15)25)11-4-1-9(8-20)2-5-11/h1-7H,(H,21,24)(H,22,25). The van der Waals surface area contributed by atoms with E-state index in [0.29, 0.717) is 21.8 Å².